The van der Waals surface area contributed by atoms with Crippen molar-refractivity contribution < 1.29 is 9.47 Å². The van der Waals surface area contributed by atoms with Crippen LogP contribution in [0, 0.1) is 6.92 Å². The summed E-state index contributed by atoms with van der Waals surface area (Å²) in [5.74, 6) is 1.85. The Balaban J connectivity index is 1.99. The smallest absolute Gasteiger partial charge is 0.127 e. The molecule has 20 heavy (non-hydrogen) atoms. The minimum Gasteiger partial charge on any atom is -0.496 e. The number of hydrogen-bond acceptors (Lipinski definition) is 3. The van der Waals surface area contributed by atoms with Crippen LogP contribution in [0.4, 0.5) is 0 Å². The van der Waals surface area contributed by atoms with Crippen molar-refractivity contribution in [1.82, 2.24) is 0 Å². The first-order valence-electron chi connectivity index (χ1n) is 6.85. The fraction of sp³-hybridized carbons (Fsp3) is 0.294. The van der Waals surface area contributed by atoms with Crippen LogP contribution in [0.2, 0.25) is 0 Å². The first-order chi connectivity index (χ1) is 9.70. The predicted molar refractivity (Wildman–Crippen MR) is 79.4 cm³/mol. The van der Waals surface area contributed by atoms with E-state index in [0.29, 0.717) is 0 Å². The summed E-state index contributed by atoms with van der Waals surface area (Å²) in [6.07, 6.45) is 0.970. The quantitative estimate of drug-likeness (QED) is 0.931. The Morgan fingerprint density at radius 1 is 1.25 bits per heavy atom. The summed E-state index contributed by atoms with van der Waals surface area (Å²) in [5.41, 5.74) is 10.9. The molecule has 0 fully saturated rings. The number of benzene rings is 2. The Morgan fingerprint density at radius 2 is 2.10 bits per heavy atom. The zero-order chi connectivity index (χ0) is 14.1. The molecule has 0 bridgehead atoms. The van der Waals surface area contributed by atoms with Crippen molar-refractivity contribution in [3.8, 4) is 11.5 Å². The van der Waals surface area contributed by atoms with E-state index >= 15 is 0 Å². The Labute approximate surface area is 119 Å². The first kappa shape index (κ1) is 13.0. The normalized spacial score (nSPS) is 14.6. The van der Waals surface area contributed by atoms with Gasteiger partial charge in [-0.15, -0.1) is 0 Å². The van der Waals surface area contributed by atoms with Crippen LogP contribution in [0.1, 0.15) is 28.3 Å². The molecule has 0 radical (unpaired) electrons. The molecular weight excluding hydrogens is 250 g/mol. The number of aryl methyl sites for hydroxylation is 1. The third kappa shape index (κ3) is 2.14. The van der Waals surface area contributed by atoms with Crippen molar-refractivity contribution in [2.75, 3.05) is 13.7 Å². The maximum atomic E-state index is 6.43. The van der Waals surface area contributed by atoms with E-state index in [-0.39, 0.29) is 6.04 Å². The molecule has 2 aromatic rings. The zero-order valence-electron chi connectivity index (χ0n) is 11.8. The van der Waals surface area contributed by atoms with Gasteiger partial charge in [0, 0.05) is 12.0 Å². The number of nitrogens with two attached hydrogens (primary N) is 1. The standard InChI is InChI=1S/C17H19NO2/c1-11-10-13(6-7-15(11)19-2)16(18)14-5-3-4-12-8-9-20-17(12)14/h3-7,10,16H,8-9,18H2,1-2H3. The van der Waals surface area contributed by atoms with E-state index in [1.165, 1.54) is 5.56 Å². The largest absolute Gasteiger partial charge is 0.496 e. The average Bonchev–Trinajstić information content (AvgIpc) is 2.94. The number of methoxy groups -OCH3 is 1. The molecule has 0 aromatic heterocycles. The highest BCUT2D eigenvalue weighted by atomic mass is 16.5. The number of ether oxygens (including phenoxy) is 2. The van der Waals surface area contributed by atoms with Gasteiger partial charge in [0.15, 0.2) is 0 Å². The van der Waals surface area contributed by atoms with Crippen LogP contribution in [-0.4, -0.2) is 13.7 Å². The molecule has 1 unspecified atom stereocenters. The molecule has 1 heterocycles. The van der Waals surface area contributed by atoms with E-state index < -0.39 is 0 Å². The van der Waals surface area contributed by atoms with Crippen LogP contribution in [0.5, 0.6) is 11.5 Å². The SMILES string of the molecule is COc1ccc(C(N)c2cccc3c2OCC3)cc1C. The number of hydrogen-bond donors (Lipinski definition) is 1. The lowest BCUT2D eigenvalue weighted by atomic mass is 9.95. The summed E-state index contributed by atoms with van der Waals surface area (Å²) in [4.78, 5) is 0. The molecule has 3 heteroatoms. The summed E-state index contributed by atoms with van der Waals surface area (Å²) < 4.78 is 11.0. The van der Waals surface area contributed by atoms with Gasteiger partial charge in [-0.2, -0.15) is 0 Å². The number of para-hydroxylation sites is 1. The highest BCUT2D eigenvalue weighted by molar-refractivity contribution is 5.49. The van der Waals surface area contributed by atoms with E-state index in [9.17, 15) is 0 Å². The third-order valence-electron chi connectivity index (χ3n) is 3.86. The van der Waals surface area contributed by atoms with Gasteiger partial charge < -0.3 is 15.2 Å². The Morgan fingerprint density at radius 3 is 2.85 bits per heavy atom. The maximum absolute atomic E-state index is 6.43. The highest BCUT2D eigenvalue weighted by Crippen LogP contribution is 2.35. The van der Waals surface area contributed by atoms with E-state index in [2.05, 4.69) is 18.2 Å². The van der Waals surface area contributed by atoms with E-state index in [1.54, 1.807) is 7.11 Å². The molecule has 2 N–H and O–H groups in total. The van der Waals surface area contributed by atoms with E-state index in [1.807, 2.05) is 25.1 Å². The zero-order valence-corrected chi connectivity index (χ0v) is 11.8. The molecule has 0 saturated heterocycles. The Hall–Kier alpha value is -2.00. The van der Waals surface area contributed by atoms with Crippen molar-refractivity contribution in [2.45, 2.75) is 19.4 Å². The van der Waals surface area contributed by atoms with Gasteiger partial charge in [-0.1, -0.05) is 30.3 Å². The van der Waals surface area contributed by atoms with Gasteiger partial charge in [-0.25, -0.2) is 0 Å². The topological polar surface area (TPSA) is 44.5 Å². The lowest BCUT2D eigenvalue weighted by molar-refractivity contribution is 0.352. The number of fused-ring (bicyclic) bond motifs is 1. The van der Waals surface area contributed by atoms with Crippen LogP contribution in [-0.2, 0) is 6.42 Å². The molecule has 0 amide bonds. The molecule has 104 valence electrons. The van der Waals surface area contributed by atoms with Gasteiger partial charge in [0.1, 0.15) is 11.5 Å². The Bertz CT molecular complexity index is 637. The van der Waals surface area contributed by atoms with Crippen LogP contribution in [0.15, 0.2) is 36.4 Å². The third-order valence-corrected chi connectivity index (χ3v) is 3.86. The molecular formula is C17H19NO2. The van der Waals surface area contributed by atoms with Gasteiger partial charge >= 0.3 is 0 Å². The minimum atomic E-state index is -0.173. The maximum Gasteiger partial charge on any atom is 0.127 e. The molecule has 1 aliphatic rings. The lowest BCUT2D eigenvalue weighted by Gasteiger charge is -2.17. The summed E-state index contributed by atoms with van der Waals surface area (Å²) in [6, 6.07) is 12.1. The van der Waals surface area contributed by atoms with Gasteiger partial charge in [0.25, 0.3) is 0 Å². The monoisotopic (exact) mass is 269 g/mol. The molecule has 3 rings (SSSR count). The van der Waals surface area contributed by atoms with Crippen LogP contribution in [0.3, 0.4) is 0 Å². The average molecular weight is 269 g/mol. The van der Waals surface area contributed by atoms with Crippen molar-refractivity contribution >= 4 is 0 Å². The van der Waals surface area contributed by atoms with Crippen molar-refractivity contribution in [1.29, 1.82) is 0 Å². The molecule has 1 aliphatic heterocycles. The summed E-state index contributed by atoms with van der Waals surface area (Å²) in [5, 5.41) is 0. The lowest BCUT2D eigenvalue weighted by Crippen LogP contribution is -2.13. The molecule has 3 nitrogen and oxygen atoms in total. The van der Waals surface area contributed by atoms with Crippen LogP contribution >= 0.6 is 0 Å². The summed E-state index contributed by atoms with van der Waals surface area (Å²) in [6.45, 7) is 2.78. The molecule has 0 aliphatic carbocycles. The second kappa shape index (κ2) is 5.17. The fourth-order valence-corrected chi connectivity index (χ4v) is 2.76. The van der Waals surface area contributed by atoms with Gasteiger partial charge in [0.05, 0.1) is 19.8 Å². The van der Waals surface area contributed by atoms with E-state index in [0.717, 1.165) is 41.2 Å². The van der Waals surface area contributed by atoms with Crippen molar-refractivity contribution in [3.05, 3.63) is 58.7 Å². The van der Waals surface area contributed by atoms with Gasteiger partial charge in [0.2, 0.25) is 0 Å². The second-order valence-electron chi connectivity index (χ2n) is 5.14. The molecule has 2 aromatic carbocycles. The highest BCUT2D eigenvalue weighted by Gasteiger charge is 2.21. The van der Waals surface area contributed by atoms with Crippen LogP contribution < -0.4 is 15.2 Å². The van der Waals surface area contributed by atoms with E-state index in [4.69, 9.17) is 15.2 Å². The van der Waals surface area contributed by atoms with Gasteiger partial charge in [-0.3, -0.25) is 0 Å². The first-order valence-corrected chi connectivity index (χ1v) is 6.85. The molecule has 0 spiro atoms. The van der Waals surface area contributed by atoms with Crippen molar-refractivity contribution in [3.63, 3.8) is 0 Å². The number of rotatable bonds is 3. The summed E-state index contributed by atoms with van der Waals surface area (Å²) in [7, 11) is 1.68. The molecule has 0 saturated carbocycles. The van der Waals surface area contributed by atoms with Gasteiger partial charge in [-0.05, 0) is 29.7 Å². The minimum absolute atomic E-state index is 0.173. The van der Waals surface area contributed by atoms with Crippen molar-refractivity contribution in [2.24, 2.45) is 5.73 Å². The summed E-state index contributed by atoms with van der Waals surface area (Å²) >= 11 is 0. The second-order valence-corrected chi connectivity index (χ2v) is 5.14. The van der Waals surface area contributed by atoms with Crippen LogP contribution in [0.25, 0.3) is 0 Å². The fourth-order valence-electron chi connectivity index (χ4n) is 2.76. The Kier molecular flexibility index (Phi) is 3.36. The molecule has 1 atom stereocenters. The predicted octanol–water partition coefficient (Wildman–Crippen LogP) is 2.99.